The van der Waals surface area contributed by atoms with E-state index >= 15 is 0 Å². The number of hydrogen-bond acceptors (Lipinski definition) is 3. The highest BCUT2D eigenvalue weighted by Gasteiger charge is 2.32. The molecule has 3 aliphatic rings. The lowest BCUT2D eigenvalue weighted by Gasteiger charge is -2.22. The van der Waals surface area contributed by atoms with Gasteiger partial charge < -0.3 is 20.4 Å². The van der Waals surface area contributed by atoms with Crippen LogP contribution in [0.4, 0.5) is 0 Å². The number of aliphatic imine (C=N–C) groups is 1. The van der Waals surface area contributed by atoms with E-state index in [0.29, 0.717) is 23.8 Å². The van der Waals surface area contributed by atoms with Gasteiger partial charge in [0.1, 0.15) is 0 Å². The molecular formula is C19H36IN5O. The Morgan fingerprint density at radius 1 is 1.12 bits per heavy atom. The van der Waals surface area contributed by atoms with Crippen LogP contribution in [0.1, 0.15) is 45.4 Å². The van der Waals surface area contributed by atoms with Crippen LogP contribution in [0.5, 0.6) is 0 Å². The number of amides is 1. The van der Waals surface area contributed by atoms with Gasteiger partial charge in [0, 0.05) is 45.2 Å². The van der Waals surface area contributed by atoms with Crippen LogP contribution < -0.4 is 10.6 Å². The molecule has 2 heterocycles. The fourth-order valence-electron chi connectivity index (χ4n) is 4.50. The summed E-state index contributed by atoms with van der Waals surface area (Å²) in [4.78, 5) is 21.5. The summed E-state index contributed by atoms with van der Waals surface area (Å²) in [6.45, 7) is 8.48. The molecule has 3 fully saturated rings. The average molecular weight is 477 g/mol. The standard InChI is InChI=1S/C19H35N5O.HI/c1-3-23-10-8-15(13-23)12-21-19(20-2)22-17-9-11-24(14-17)18(25)16-6-4-5-7-16;/h15-17H,3-14H2,1-2H3,(H2,20,21,22);1H. The lowest BCUT2D eigenvalue weighted by Crippen LogP contribution is -2.46. The van der Waals surface area contributed by atoms with Crippen molar-refractivity contribution in [3.05, 3.63) is 0 Å². The van der Waals surface area contributed by atoms with Gasteiger partial charge in [-0.25, -0.2) is 0 Å². The Bertz CT molecular complexity index is 481. The second-order valence-electron chi connectivity index (χ2n) is 7.90. The third-order valence-corrected chi connectivity index (χ3v) is 6.14. The van der Waals surface area contributed by atoms with Crippen LogP contribution in [0.25, 0.3) is 0 Å². The lowest BCUT2D eigenvalue weighted by molar-refractivity contribution is -0.134. The van der Waals surface area contributed by atoms with Crippen molar-refractivity contribution in [2.75, 3.05) is 46.3 Å². The van der Waals surface area contributed by atoms with Crippen LogP contribution in [0.3, 0.4) is 0 Å². The van der Waals surface area contributed by atoms with E-state index < -0.39 is 0 Å². The number of nitrogens with one attached hydrogen (secondary N) is 2. The molecule has 6 nitrogen and oxygen atoms in total. The number of hydrogen-bond donors (Lipinski definition) is 2. The quantitative estimate of drug-likeness (QED) is 0.361. The molecule has 1 aliphatic carbocycles. The number of rotatable bonds is 5. The van der Waals surface area contributed by atoms with Crippen LogP contribution in [0, 0.1) is 11.8 Å². The van der Waals surface area contributed by atoms with Crippen molar-refractivity contribution in [1.82, 2.24) is 20.4 Å². The molecule has 0 aromatic heterocycles. The van der Waals surface area contributed by atoms with Crippen molar-refractivity contribution in [3.63, 3.8) is 0 Å². The first kappa shape index (κ1) is 21.7. The third kappa shape index (κ3) is 5.71. The van der Waals surface area contributed by atoms with Gasteiger partial charge in [0.2, 0.25) is 5.91 Å². The molecule has 7 heteroatoms. The number of nitrogens with zero attached hydrogens (tertiary/aromatic N) is 3. The summed E-state index contributed by atoms with van der Waals surface area (Å²) < 4.78 is 0. The van der Waals surface area contributed by atoms with Gasteiger partial charge in [-0.2, -0.15) is 0 Å². The van der Waals surface area contributed by atoms with E-state index in [1.165, 1.54) is 32.4 Å². The number of guanidine groups is 1. The predicted octanol–water partition coefficient (Wildman–Crippen LogP) is 1.90. The molecule has 2 saturated heterocycles. The Kier molecular flexibility index (Phi) is 8.93. The minimum Gasteiger partial charge on any atom is -0.356 e. The van der Waals surface area contributed by atoms with Gasteiger partial charge >= 0.3 is 0 Å². The Morgan fingerprint density at radius 2 is 1.88 bits per heavy atom. The van der Waals surface area contributed by atoms with E-state index in [1.807, 2.05) is 7.05 Å². The van der Waals surface area contributed by atoms with Crippen LogP contribution >= 0.6 is 24.0 Å². The first-order chi connectivity index (χ1) is 12.2. The maximum absolute atomic E-state index is 12.6. The topological polar surface area (TPSA) is 60.0 Å². The smallest absolute Gasteiger partial charge is 0.225 e. The fraction of sp³-hybridized carbons (Fsp3) is 0.895. The molecule has 3 rings (SSSR count). The molecule has 0 bridgehead atoms. The molecule has 0 aromatic carbocycles. The summed E-state index contributed by atoms with van der Waals surface area (Å²) in [7, 11) is 1.83. The zero-order valence-corrected chi connectivity index (χ0v) is 18.7. The van der Waals surface area contributed by atoms with Gasteiger partial charge in [0.25, 0.3) is 0 Å². The number of carbonyl (C=O) groups is 1. The number of likely N-dealkylation sites (tertiary alicyclic amines) is 2. The Morgan fingerprint density at radius 3 is 2.54 bits per heavy atom. The first-order valence-electron chi connectivity index (χ1n) is 10.2. The SMILES string of the molecule is CCN1CCC(CNC(=NC)NC2CCN(C(=O)C3CCCC3)C2)C1.I. The third-order valence-electron chi connectivity index (χ3n) is 6.14. The van der Waals surface area contributed by atoms with Crippen molar-refractivity contribution < 1.29 is 4.79 Å². The van der Waals surface area contributed by atoms with Crippen molar-refractivity contribution >= 4 is 35.8 Å². The highest BCUT2D eigenvalue weighted by Crippen LogP contribution is 2.27. The summed E-state index contributed by atoms with van der Waals surface area (Å²) in [6.07, 6.45) is 6.91. The molecule has 150 valence electrons. The lowest BCUT2D eigenvalue weighted by atomic mass is 10.1. The minimum atomic E-state index is 0. The summed E-state index contributed by atoms with van der Waals surface area (Å²) in [6, 6.07) is 0.326. The molecule has 1 saturated carbocycles. The second-order valence-corrected chi connectivity index (χ2v) is 7.90. The Balaban J connectivity index is 0.00000243. The molecule has 2 unspecified atom stereocenters. The Labute approximate surface area is 175 Å². The van der Waals surface area contributed by atoms with Crippen molar-refractivity contribution in [3.8, 4) is 0 Å². The van der Waals surface area contributed by atoms with Crippen molar-refractivity contribution in [2.45, 2.75) is 51.5 Å². The normalized spacial score (nSPS) is 27.6. The summed E-state index contributed by atoms with van der Waals surface area (Å²) in [5.41, 5.74) is 0. The molecule has 0 aromatic rings. The Hall–Kier alpha value is -0.570. The molecular weight excluding hydrogens is 441 g/mol. The summed E-state index contributed by atoms with van der Waals surface area (Å²) in [5, 5.41) is 7.01. The van der Waals surface area contributed by atoms with E-state index in [0.717, 1.165) is 51.4 Å². The van der Waals surface area contributed by atoms with Gasteiger partial charge in [0.05, 0.1) is 0 Å². The van der Waals surface area contributed by atoms with E-state index in [1.54, 1.807) is 0 Å². The minimum absolute atomic E-state index is 0. The van der Waals surface area contributed by atoms with Gasteiger partial charge in [-0.15, -0.1) is 24.0 Å². The monoisotopic (exact) mass is 477 g/mol. The first-order valence-corrected chi connectivity index (χ1v) is 10.2. The predicted molar refractivity (Wildman–Crippen MR) is 117 cm³/mol. The highest BCUT2D eigenvalue weighted by atomic mass is 127. The van der Waals surface area contributed by atoms with Gasteiger partial charge in [0.15, 0.2) is 5.96 Å². The zero-order valence-electron chi connectivity index (χ0n) is 16.4. The molecule has 26 heavy (non-hydrogen) atoms. The maximum atomic E-state index is 12.6. The summed E-state index contributed by atoms with van der Waals surface area (Å²) in [5.74, 6) is 2.27. The summed E-state index contributed by atoms with van der Waals surface area (Å²) >= 11 is 0. The van der Waals surface area contributed by atoms with Crippen LogP contribution in [-0.4, -0.2) is 74.0 Å². The van der Waals surface area contributed by atoms with E-state index in [9.17, 15) is 4.79 Å². The number of carbonyl (C=O) groups excluding carboxylic acids is 1. The molecule has 0 spiro atoms. The molecule has 2 N–H and O–H groups in total. The highest BCUT2D eigenvalue weighted by molar-refractivity contribution is 14.0. The maximum Gasteiger partial charge on any atom is 0.225 e. The van der Waals surface area contributed by atoms with Crippen molar-refractivity contribution in [1.29, 1.82) is 0 Å². The van der Waals surface area contributed by atoms with Gasteiger partial charge in [-0.05, 0) is 44.7 Å². The van der Waals surface area contributed by atoms with Crippen LogP contribution in [0.15, 0.2) is 4.99 Å². The molecule has 1 amide bonds. The molecule has 2 aliphatic heterocycles. The van der Waals surface area contributed by atoms with Gasteiger partial charge in [-0.1, -0.05) is 19.8 Å². The molecule has 0 radical (unpaired) electrons. The number of halogens is 1. The van der Waals surface area contributed by atoms with Crippen LogP contribution in [-0.2, 0) is 4.79 Å². The zero-order chi connectivity index (χ0) is 17.6. The van der Waals surface area contributed by atoms with Crippen LogP contribution in [0.2, 0.25) is 0 Å². The van der Waals surface area contributed by atoms with E-state index in [-0.39, 0.29) is 24.0 Å². The molecule has 2 atom stereocenters. The average Bonchev–Trinajstić information content (AvgIpc) is 3.39. The fourth-order valence-corrected chi connectivity index (χ4v) is 4.50. The van der Waals surface area contributed by atoms with E-state index in [2.05, 4.69) is 32.3 Å². The second kappa shape index (κ2) is 10.7. The van der Waals surface area contributed by atoms with E-state index in [4.69, 9.17) is 0 Å². The van der Waals surface area contributed by atoms with Crippen molar-refractivity contribution in [2.24, 2.45) is 16.8 Å². The van der Waals surface area contributed by atoms with Gasteiger partial charge in [-0.3, -0.25) is 9.79 Å². The largest absolute Gasteiger partial charge is 0.356 e.